The monoisotopic (exact) mass is 1020 g/mol. The van der Waals surface area contributed by atoms with Gasteiger partial charge in [-0.25, -0.2) is 0 Å². The van der Waals surface area contributed by atoms with Gasteiger partial charge in [-0.3, -0.25) is 4.79 Å². The third kappa shape index (κ3) is 61.3. The maximum absolute atomic E-state index is 12.5. The molecule has 4 nitrogen and oxygen atoms in total. The lowest BCUT2D eigenvalue weighted by Gasteiger charge is -2.19. The van der Waals surface area contributed by atoms with E-state index >= 15 is 0 Å². The highest BCUT2D eigenvalue weighted by atomic mass is 16.3. The lowest BCUT2D eigenvalue weighted by molar-refractivity contribution is -0.123. The number of rotatable bonds is 63. The van der Waals surface area contributed by atoms with Crippen molar-refractivity contribution in [2.45, 2.75) is 392 Å². The molecular weight excluding hydrogens is 891 g/mol. The molecule has 0 aliphatic heterocycles. The molecule has 3 N–H and O–H groups in total. The van der Waals surface area contributed by atoms with E-state index in [0.717, 1.165) is 38.5 Å². The summed E-state index contributed by atoms with van der Waals surface area (Å²) in [4.78, 5) is 12.5. The Balaban J connectivity index is 3.39. The van der Waals surface area contributed by atoms with Gasteiger partial charge in [0.25, 0.3) is 0 Å². The van der Waals surface area contributed by atoms with Crippen molar-refractivity contribution in [3.05, 3.63) is 36.5 Å². The maximum Gasteiger partial charge on any atom is 0.220 e. The average molecular weight is 1020 g/mol. The van der Waals surface area contributed by atoms with Crippen LogP contribution in [0.5, 0.6) is 0 Å². The van der Waals surface area contributed by atoms with Gasteiger partial charge in [0, 0.05) is 6.42 Å². The zero-order valence-corrected chi connectivity index (χ0v) is 49.9. The normalized spacial score (nSPS) is 12.9. The van der Waals surface area contributed by atoms with Crippen LogP contribution in [-0.2, 0) is 4.79 Å². The van der Waals surface area contributed by atoms with E-state index in [-0.39, 0.29) is 12.5 Å². The van der Waals surface area contributed by atoms with Crippen LogP contribution in [0.2, 0.25) is 0 Å². The van der Waals surface area contributed by atoms with E-state index in [2.05, 4.69) is 43.5 Å². The fourth-order valence-corrected chi connectivity index (χ4v) is 10.7. The molecule has 2 atom stereocenters. The number of amides is 1. The third-order valence-corrected chi connectivity index (χ3v) is 15.9. The van der Waals surface area contributed by atoms with Crippen molar-refractivity contribution in [1.82, 2.24) is 5.32 Å². The van der Waals surface area contributed by atoms with Gasteiger partial charge in [0.2, 0.25) is 5.91 Å². The smallest absolute Gasteiger partial charge is 0.220 e. The molecule has 4 heteroatoms. The van der Waals surface area contributed by atoms with Gasteiger partial charge in [-0.1, -0.05) is 365 Å². The number of aliphatic hydroxyl groups excluding tert-OH is 2. The summed E-state index contributed by atoms with van der Waals surface area (Å²) in [5.74, 6) is -0.0706. The Morgan fingerprint density at radius 2 is 0.534 bits per heavy atom. The van der Waals surface area contributed by atoms with Crippen molar-refractivity contribution in [1.29, 1.82) is 0 Å². The molecule has 0 aliphatic rings. The second kappa shape index (κ2) is 64.9. The van der Waals surface area contributed by atoms with Crippen LogP contribution in [0.15, 0.2) is 36.5 Å². The van der Waals surface area contributed by atoms with Gasteiger partial charge >= 0.3 is 0 Å². The van der Waals surface area contributed by atoms with Gasteiger partial charge in [-0.15, -0.1) is 0 Å². The predicted octanol–water partition coefficient (Wildman–Crippen LogP) is 22.8. The Morgan fingerprint density at radius 3 is 0.795 bits per heavy atom. The highest BCUT2D eigenvalue weighted by molar-refractivity contribution is 5.76. The Hall–Kier alpha value is -1.39. The quantitative estimate of drug-likeness (QED) is 0.0420. The highest BCUT2D eigenvalue weighted by Gasteiger charge is 2.18. The van der Waals surface area contributed by atoms with E-state index in [1.807, 2.05) is 6.08 Å². The first-order valence-electron chi connectivity index (χ1n) is 33.7. The van der Waals surface area contributed by atoms with Crippen molar-refractivity contribution in [2.75, 3.05) is 6.61 Å². The van der Waals surface area contributed by atoms with E-state index in [9.17, 15) is 15.0 Å². The molecule has 0 saturated carbocycles. The van der Waals surface area contributed by atoms with Gasteiger partial charge < -0.3 is 15.5 Å². The minimum Gasteiger partial charge on any atom is -0.394 e. The summed E-state index contributed by atoms with van der Waals surface area (Å²) in [6.07, 6.45) is 89.5. The largest absolute Gasteiger partial charge is 0.394 e. The van der Waals surface area contributed by atoms with Crippen LogP contribution in [0.25, 0.3) is 0 Å². The van der Waals surface area contributed by atoms with Crippen LogP contribution in [0.4, 0.5) is 0 Å². The number of allylic oxidation sites excluding steroid dienone is 5. The molecule has 0 fully saturated rings. The standard InChI is InChI=1S/C69H133NO3/c1-3-5-7-9-11-13-15-17-19-21-23-25-26-27-28-29-30-31-32-33-34-35-36-37-38-39-40-41-42-43-44-45-47-49-51-53-55-57-59-61-63-65-69(73)70-67(66-71)68(72)64-62-60-58-56-54-52-50-48-46-24-22-20-18-16-14-12-10-8-6-4-2/h46,48,54,56,62,64,67-68,71-72H,3-45,47,49-53,55,57-61,63,65-66H2,1-2H3,(H,70,73)/b48-46+,56-54+,64-62+. The number of unbranched alkanes of at least 4 members (excludes halogenated alkanes) is 52. The number of hydrogen-bond acceptors (Lipinski definition) is 3. The van der Waals surface area contributed by atoms with Crippen LogP contribution in [0, 0.1) is 0 Å². The second-order valence-electron chi connectivity index (χ2n) is 23.2. The number of hydrogen-bond donors (Lipinski definition) is 3. The Kier molecular flexibility index (Phi) is 63.7. The fourth-order valence-electron chi connectivity index (χ4n) is 10.7. The number of nitrogens with one attached hydrogen (secondary N) is 1. The van der Waals surface area contributed by atoms with Crippen LogP contribution in [0.3, 0.4) is 0 Å². The number of carbonyl (C=O) groups is 1. The molecule has 0 rings (SSSR count). The lowest BCUT2D eigenvalue weighted by Crippen LogP contribution is -2.45. The Bertz CT molecular complexity index is 1110. The summed E-state index contributed by atoms with van der Waals surface area (Å²) in [7, 11) is 0. The zero-order valence-electron chi connectivity index (χ0n) is 49.9. The summed E-state index contributed by atoms with van der Waals surface area (Å²) in [6.45, 7) is 4.33. The summed E-state index contributed by atoms with van der Waals surface area (Å²) in [5.41, 5.74) is 0. The van der Waals surface area contributed by atoms with E-state index in [1.54, 1.807) is 6.08 Å². The Morgan fingerprint density at radius 1 is 0.315 bits per heavy atom. The molecule has 2 unspecified atom stereocenters. The first-order chi connectivity index (χ1) is 36.2. The molecule has 73 heavy (non-hydrogen) atoms. The van der Waals surface area contributed by atoms with Crippen LogP contribution in [0.1, 0.15) is 380 Å². The molecule has 0 spiro atoms. The minimum atomic E-state index is -0.869. The molecule has 432 valence electrons. The van der Waals surface area contributed by atoms with E-state index in [0.29, 0.717) is 6.42 Å². The van der Waals surface area contributed by atoms with Crippen molar-refractivity contribution >= 4 is 5.91 Å². The van der Waals surface area contributed by atoms with Crippen LogP contribution >= 0.6 is 0 Å². The molecule has 0 heterocycles. The van der Waals surface area contributed by atoms with Crippen LogP contribution < -0.4 is 5.32 Å². The average Bonchev–Trinajstić information content (AvgIpc) is 3.40. The molecule has 0 aromatic carbocycles. The van der Waals surface area contributed by atoms with E-state index in [1.165, 1.54) is 321 Å². The number of carbonyl (C=O) groups excluding carboxylic acids is 1. The second-order valence-corrected chi connectivity index (χ2v) is 23.2. The first kappa shape index (κ1) is 71.6. The van der Waals surface area contributed by atoms with Gasteiger partial charge in [-0.05, 0) is 44.9 Å². The maximum atomic E-state index is 12.5. The Labute approximate surface area is 459 Å². The summed E-state index contributed by atoms with van der Waals surface area (Å²) >= 11 is 0. The van der Waals surface area contributed by atoms with Crippen molar-refractivity contribution in [3.8, 4) is 0 Å². The minimum absolute atomic E-state index is 0.0706. The fraction of sp³-hybridized carbons (Fsp3) is 0.899. The lowest BCUT2D eigenvalue weighted by atomic mass is 10.0. The topological polar surface area (TPSA) is 69.6 Å². The predicted molar refractivity (Wildman–Crippen MR) is 327 cm³/mol. The molecule has 0 aromatic heterocycles. The van der Waals surface area contributed by atoms with E-state index in [4.69, 9.17) is 0 Å². The van der Waals surface area contributed by atoms with Crippen molar-refractivity contribution in [2.24, 2.45) is 0 Å². The molecule has 0 saturated heterocycles. The summed E-state index contributed by atoms with van der Waals surface area (Å²) in [5, 5.41) is 23.2. The molecule has 0 aliphatic carbocycles. The van der Waals surface area contributed by atoms with Crippen molar-refractivity contribution in [3.63, 3.8) is 0 Å². The molecule has 0 aromatic rings. The molecule has 1 amide bonds. The van der Waals surface area contributed by atoms with Crippen molar-refractivity contribution < 1.29 is 15.0 Å². The van der Waals surface area contributed by atoms with Gasteiger partial charge in [0.15, 0.2) is 0 Å². The van der Waals surface area contributed by atoms with Gasteiger partial charge in [0.05, 0.1) is 18.8 Å². The van der Waals surface area contributed by atoms with Gasteiger partial charge in [-0.2, -0.15) is 0 Å². The highest BCUT2D eigenvalue weighted by Crippen LogP contribution is 2.19. The van der Waals surface area contributed by atoms with Crippen LogP contribution in [-0.4, -0.2) is 34.9 Å². The summed E-state index contributed by atoms with van der Waals surface area (Å²) < 4.78 is 0. The molecular formula is C69H133NO3. The molecule has 0 radical (unpaired) electrons. The van der Waals surface area contributed by atoms with E-state index < -0.39 is 12.1 Å². The summed E-state index contributed by atoms with van der Waals surface area (Å²) in [6, 6.07) is -0.645. The first-order valence-corrected chi connectivity index (χ1v) is 33.7. The number of aliphatic hydroxyl groups is 2. The SMILES string of the molecule is CCCCCCCCCCCC/C=C/CC/C=C/CC/C=C/C(O)C(CO)NC(=O)CCCCCCCCCCCCCCCCCCCCCCCCCCCCCCCCCCCCCCCCCCC. The zero-order chi connectivity index (χ0) is 52.7. The third-order valence-electron chi connectivity index (χ3n) is 15.9. The van der Waals surface area contributed by atoms with Gasteiger partial charge in [0.1, 0.15) is 0 Å². The molecule has 0 bridgehead atoms.